The lowest BCUT2D eigenvalue weighted by Gasteiger charge is -2.25. The largest absolute Gasteiger partial charge is 0.467 e. The fraction of sp³-hybridized carbons (Fsp3) is 0.857. The van der Waals surface area contributed by atoms with Crippen molar-refractivity contribution >= 4 is 36.1 Å². The summed E-state index contributed by atoms with van der Waals surface area (Å²) in [5, 5.41) is 20.8. The van der Waals surface area contributed by atoms with Crippen LogP contribution in [0.1, 0.15) is 97.3 Å². The van der Waals surface area contributed by atoms with Gasteiger partial charge in [-0.1, -0.05) is 52.4 Å². The summed E-state index contributed by atoms with van der Waals surface area (Å²) in [5.74, 6) is -1.93. The first kappa shape index (κ1) is 40.2. The van der Waals surface area contributed by atoms with Gasteiger partial charge >= 0.3 is 5.97 Å². The van der Waals surface area contributed by atoms with Crippen molar-refractivity contribution in [3.63, 3.8) is 0 Å². The summed E-state index contributed by atoms with van der Waals surface area (Å²) in [5.41, 5.74) is 5.57. The molecule has 0 fully saturated rings. The van der Waals surface area contributed by atoms with E-state index in [9.17, 15) is 24.3 Å². The molecule has 3 amide bonds. The number of aliphatic hydroxyl groups is 1. The molecule has 0 heterocycles. The van der Waals surface area contributed by atoms with Crippen LogP contribution in [0.5, 0.6) is 0 Å². The molecular formula is C28H56ClN5O6. The molecule has 7 N–H and O–H groups in total. The van der Waals surface area contributed by atoms with Gasteiger partial charge in [-0.25, -0.2) is 4.79 Å². The van der Waals surface area contributed by atoms with E-state index in [1.807, 2.05) is 20.9 Å². The summed E-state index contributed by atoms with van der Waals surface area (Å²) >= 11 is 0. The number of ether oxygens (including phenoxy) is 1. The number of carbonyl (C=O) groups is 4. The minimum atomic E-state index is -1.17. The Labute approximate surface area is 247 Å². The highest BCUT2D eigenvalue weighted by atomic mass is 35.5. The fourth-order valence-electron chi connectivity index (χ4n) is 4.24. The normalized spacial score (nSPS) is 13.1. The van der Waals surface area contributed by atoms with Crippen LogP contribution < -0.4 is 27.0 Å². The first-order valence-electron chi connectivity index (χ1n) is 14.6. The molecule has 0 aliphatic carbocycles. The molecule has 0 aliphatic rings. The van der Waals surface area contributed by atoms with Gasteiger partial charge in [-0.3, -0.25) is 14.4 Å². The second-order valence-electron chi connectivity index (χ2n) is 10.5. The minimum Gasteiger partial charge on any atom is -0.467 e. The molecule has 0 bridgehead atoms. The molecular weight excluding hydrogens is 538 g/mol. The Hall–Kier alpha value is -1.95. The maximum Gasteiger partial charge on any atom is 0.328 e. The smallest absolute Gasteiger partial charge is 0.328 e. The van der Waals surface area contributed by atoms with Gasteiger partial charge in [-0.15, -0.1) is 12.4 Å². The lowest BCUT2D eigenvalue weighted by atomic mass is 10.0. The van der Waals surface area contributed by atoms with Crippen molar-refractivity contribution in [3.05, 3.63) is 0 Å². The number of nitrogens with two attached hydrogens (primary N) is 1. The summed E-state index contributed by atoms with van der Waals surface area (Å²) in [6.45, 7) is 4.74. The lowest BCUT2D eigenvalue weighted by molar-refractivity contribution is -0.146. The van der Waals surface area contributed by atoms with Gasteiger partial charge in [0.05, 0.1) is 13.7 Å². The molecule has 0 saturated heterocycles. The van der Waals surface area contributed by atoms with Crippen LogP contribution in [-0.2, 0) is 23.9 Å². The third-order valence-corrected chi connectivity index (χ3v) is 6.50. The average molecular weight is 594 g/mol. The molecule has 12 heteroatoms. The molecule has 0 aromatic heterocycles. The van der Waals surface area contributed by atoms with Gasteiger partial charge in [0, 0.05) is 6.42 Å². The van der Waals surface area contributed by atoms with E-state index in [1.165, 1.54) is 32.8 Å². The molecule has 0 saturated carbocycles. The highest BCUT2D eigenvalue weighted by Gasteiger charge is 2.29. The highest BCUT2D eigenvalue weighted by molar-refractivity contribution is 5.93. The van der Waals surface area contributed by atoms with Crippen molar-refractivity contribution in [2.45, 2.75) is 115 Å². The van der Waals surface area contributed by atoms with Crippen LogP contribution in [0.15, 0.2) is 0 Å². The van der Waals surface area contributed by atoms with Gasteiger partial charge in [0.2, 0.25) is 17.7 Å². The first-order valence-corrected chi connectivity index (χ1v) is 14.6. The van der Waals surface area contributed by atoms with Gasteiger partial charge in [0.1, 0.15) is 18.1 Å². The van der Waals surface area contributed by atoms with Gasteiger partial charge in [-0.2, -0.15) is 0 Å². The molecule has 0 aromatic rings. The Balaban J connectivity index is 0. The standard InChI is InChI=1S/C28H55N5O6.ClH/c1-21(2)19-23(28(38)39-4)33-26(36)22(15-12-13-17-29)32-27(37)24(20-34)31-25(35)16-11-9-7-5-6-8-10-14-18-30-3;/h21-24,30,34H,5-20,29H2,1-4H3,(H,31,35)(H,32,37)(H,33,36);1H/t22-,23-,24-;/m0./s1. The Morgan fingerprint density at radius 1 is 0.775 bits per heavy atom. The van der Waals surface area contributed by atoms with E-state index in [1.54, 1.807) is 0 Å². The molecule has 236 valence electrons. The molecule has 0 rings (SSSR count). The number of methoxy groups -OCH3 is 1. The number of rotatable bonds is 24. The zero-order chi connectivity index (χ0) is 29.5. The molecule has 3 atom stereocenters. The van der Waals surface area contributed by atoms with Crippen molar-refractivity contribution in [1.82, 2.24) is 21.3 Å². The fourth-order valence-corrected chi connectivity index (χ4v) is 4.24. The number of unbranched alkanes of at least 4 members (excludes halogenated alkanes) is 8. The van der Waals surface area contributed by atoms with Crippen molar-refractivity contribution in [1.29, 1.82) is 0 Å². The summed E-state index contributed by atoms with van der Waals surface area (Å²) in [6, 6.07) is -2.97. The average Bonchev–Trinajstić information content (AvgIpc) is 2.90. The number of carbonyl (C=O) groups excluding carboxylic acids is 4. The predicted molar refractivity (Wildman–Crippen MR) is 160 cm³/mol. The Kier molecular flexibility index (Phi) is 26.1. The Morgan fingerprint density at radius 3 is 1.85 bits per heavy atom. The molecule has 0 aliphatic heterocycles. The number of esters is 1. The van der Waals surface area contributed by atoms with Crippen LogP contribution in [0.2, 0.25) is 0 Å². The SMILES string of the molecule is CNCCCCCCCCCCC(=O)N[C@@H](CO)C(=O)N[C@@H](CCCCN)C(=O)N[C@@H](CC(C)C)C(=O)OC.Cl. The minimum absolute atomic E-state index is 0. The van der Waals surface area contributed by atoms with Crippen LogP contribution in [0.4, 0.5) is 0 Å². The van der Waals surface area contributed by atoms with E-state index < -0.39 is 42.5 Å². The molecule has 0 aromatic carbocycles. The number of aliphatic hydroxyl groups excluding tert-OH is 1. The quantitative estimate of drug-likeness (QED) is 0.0727. The predicted octanol–water partition coefficient (Wildman–Crippen LogP) is 1.93. The van der Waals surface area contributed by atoms with E-state index >= 15 is 0 Å². The van der Waals surface area contributed by atoms with E-state index in [2.05, 4.69) is 21.3 Å². The molecule has 11 nitrogen and oxygen atoms in total. The molecule has 40 heavy (non-hydrogen) atoms. The molecule has 0 spiro atoms. The van der Waals surface area contributed by atoms with Gasteiger partial charge < -0.3 is 36.8 Å². The van der Waals surface area contributed by atoms with Crippen LogP contribution >= 0.6 is 12.4 Å². The maximum atomic E-state index is 13.0. The summed E-state index contributed by atoms with van der Waals surface area (Å²) in [6.07, 6.45) is 10.9. The van der Waals surface area contributed by atoms with Crippen LogP contribution in [0.3, 0.4) is 0 Å². The van der Waals surface area contributed by atoms with Crippen LogP contribution in [0.25, 0.3) is 0 Å². The second-order valence-corrected chi connectivity index (χ2v) is 10.5. The van der Waals surface area contributed by atoms with Crippen LogP contribution in [-0.4, -0.2) is 80.8 Å². The van der Waals surface area contributed by atoms with E-state index in [0.29, 0.717) is 38.6 Å². The van der Waals surface area contributed by atoms with E-state index in [4.69, 9.17) is 10.5 Å². The Morgan fingerprint density at radius 2 is 1.32 bits per heavy atom. The highest BCUT2D eigenvalue weighted by Crippen LogP contribution is 2.10. The van der Waals surface area contributed by atoms with E-state index in [0.717, 1.165) is 25.8 Å². The third kappa shape index (κ3) is 20.0. The number of nitrogens with one attached hydrogen (secondary N) is 4. The topological polar surface area (TPSA) is 172 Å². The zero-order valence-electron chi connectivity index (χ0n) is 25.1. The van der Waals surface area contributed by atoms with Crippen LogP contribution in [0, 0.1) is 5.92 Å². The number of hydrogen-bond donors (Lipinski definition) is 6. The van der Waals surface area contributed by atoms with Crippen molar-refractivity contribution < 1.29 is 29.0 Å². The summed E-state index contributed by atoms with van der Waals surface area (Å²) < 4.78 is 4.81. The number of amides is 3. The third-order valence-electron chi connectivity index (χ3n) is 6.50. The Bertz CT molecular complexity index is 698. The monoisotopic (exact) mass is 593 g/mol. The van der Waals surface area contributed by atoms with E-state index in [-0.39, 0.29) is 30.7 Å². The zero-order valence-corrected chi connectivity index (χ0v) is 25.9. The molecule has 0 radical (unpaired) electrons. The summed E-state index contributed by atoms with van der Waals surface area (Å²) in [7, 11) is 3.22. The van der Waals surface area contributed by atoms with Gasteiger partial charge in [0.15, 0.2) is 0 Å². The molecule has 0 unspecified atom stereocenters. The van der Waals surface area contributed by atoms with Gasteiger partial charge in [-0.05, 0) is 64.6 Å². The summed E-state index contributed by atoms with van der Waals surface area (Å²) in [4.78, 5) is 50.4. The van der Waals surface area contributed by atoms with Gasteiger partial charge in [0.25, 0.3) is 0 Å². The second kappa shape index (κ2) is 26.0. The number of halogens is 1. The lowest BCUT2D eigenvalue weighted by Crippen LogP contribution is -2.56. The van der Waals surface area contributed by atoms with Crippen molar-refractivity contribution in [2.75, 3.05) is 33.9 Å². The van der Waals surface area contributed by atoms with Crippen molar-refractivity contribution in [3.8, 4) is 0 Å². The first-order chi connectivity index (χ1) is 18.7. The number of hydrogen-bond acceptors (Lipinski definition) is 8. The van der Waals surface area contributed by atoms with Crippen molar-refractivity contribution in [2.24, 2.45) is 11.7 Å². The maximum absolute atomic E-state index is 13.0.